The standard InChI is InChI=1S/C27H38N2O4/c1-8-20(5)28-27(31)24(9-2)29(16-22-11-10-12-23(15-22)32-7)26(30)17-33-25-14-18(3)13-19(4)21(25)6/h10-15,20,24H,8-9,16-17H2,1-7H3,(H,28,31)/t20-,24+/m1/s1. The van der Waals surface area contributed by atoms with Crippen LogP contribution in [0.25, 0.3) is 0 Å². The minimum absolute atomic E-state index is 0.0366. The Morgan fingerprint density at radius 2 is 1.79 bits per heavy atom. The van der Waals surface area contributed by atoms with Crippen molar-refractivity contribution in [2.45, 2.75) is 73.0 Å². The highest BCUT2D eigenvalue weighted by Crippen LogP contribution is 2.24. The maximum absolute atomic E-state index is 13.4. The molecule has 0 unspecified atom stereocenters. The topological polar surface area (TPSA) is 67.9 Å². The van der Waals surface area contributed by atoms with E-state index in [1.54, 1.807) is 12.0 Å². The molecule has 0 fully saturated rings. The lowest BCUT2D eigenvalue weighted by atomic mass is 10.1. The number of methoxy groups -OCH3 is 1. The Hall–Kier alpha value is -3.02. The van der Waals surface area contributed by atoms with Crippen molar-refractivity contribution in [1.82, 2.24) is 10.2 Å². The molecule has 2 atom stereocenters. The Labute approximate surface area is 198 Å². The molecule has 1 N–H and O–H groups in total. The maximum Gasteiger partial charge on any atom is 0.261 e. The zero-order chi connectivity index (χ0) is 24.5. The van der Waals surface area contributed by atoms with E-state index >= 15 is 0 Å². The normalized spacial score (nSPS) is 12.6. The summed E-state index contributed by atoms with van der Waals surface area (Å²) in [5.74, 6) is 1.02. The van der Waals surface area contributed by atoms with Crippen LogP contribution in [0.2, 0.25) is 0 Å². The molecule has 2 rings (SSSR count). The van der Waals surface area contributed by atoms with Gasteiger partial charge in [-0.15, -0.1) is 0 Å². The van der Waals surface area contributed by atoms with Crippen molar-refractivity contribution in [3.63, 3.8) is 0 Å². The molecule has 33 heavy (non-hydrogen) atoms. The molecule has 6 heteroatoms. The first-order chi connectivity index (χ1) is 15.7. The lowest BCUT2D eigenvalue weighted by Gasteiger charge is -2.31. The summed E-state index contributed by atoms with van der Waals surface area (Å²) in [6.45, 7) is 12.1. The van der Waals surface area contributed by atoms with Gasteiger partial charge in [-0.1, -0.05) is 32.0 Å². The Morgan fingerprint density at radius 3 is 2.42 bits per heavy atom. The summed E-state index contributed by atoms with van der Waals surface area (Å²) in [5.41, 5.74) is 4.09. The highest BCUT2D eigenvalue weighted by atomic mass is 16.5. The van der Waals surface area contributed by atoms with Crippen LogP contribution in [-0.2, 0) is 16.1 Å². The number of nitrogens with one attached hydrogen (secondary N) is 1. The number of aryl methyl sites for hydroxylation is 2. The second kappa shape index (κ2) is 12.3. The van der Waals surface area contributed by atoms with Crippen LogP contribution >= 0.6 is 0 Å². The van der Waals surface area contributed by atoms with E-state index in [1.807, 2.05) is 71.9 Å². The molecular weight excluding hydrogens is 416 g/mol. The molecule has 0 aliphatic rings. The van der Waals surface area contributed by atoms with Gasteiger partial charge in [-0.05, 0) is 81.0 Å². The fourth-order valence-electron chi connectivity index (χ4n) is 3.70. The summed E-state index contributed by atoms with van der Waals surface area (Å²) in [6, 6.07) is 11.0. The lowest BCUT2D eigenvalue weighted by molar-refractivity contribution is -0.143. The Bertz CT molecular complexity index is 957. The van der Waals surface area contributed by atoms with Gasteiger partial charge in [0.05, 0.1) is 7.11 Å². The fourth-order valence-corrected chi connectivity index (χ4v) is 3.70. The van der Waals surface area contributed by atoms with Crippen molar-refractivity contribution in [1.29, 1.82) is 0 Å². The number of carbonyl (C=O) groups is 2. The maximum atomic E-state index is 13.4. The van der Waals surface area contributed by atoms with E-state index in [0.29, 0.717) is 17.9 Å². The van der Waals surface area contributed by atoms with Crippen LogP contribution in [0.1, 0.15) is 55.9 Å². The molecule has 0 spiro atoms. The van der Waals surface area contributed by atoms with Gasteiger partial charge < -0.3 is 19.7 Å². The second-order valence-corrected chi connectivity index (χ2v) is 8.61. The predicted octanol–water partition coefficient (Wildman–Crippen LogP) is 4.72. The van der Waals surface area contributed by atoms with Crippen molar-refractivity contribution in [2.24, 2.45) is 0 Å². The first-order valence-electron chi connectivity index (χ1n) is 11.6. The first kappa shape index (κ1) is 26.2. The Balaban J connectivity index is 2.29. The summed E-state index contributed by atoms with van der Waals surface area (Å²) in [5, 5.41) is 3.02. The van der Waals surface area contributed by atoms with Gasteiger partial charge in [0.1, 0.15) is 17.5 Å². The number of rotatable bonds is 11. The van der Waals surface area contributed by atoms with Gasteiger partial charge in [0.15, 0.2) is 6.61 Å². The van der Waals surface area contributed by atoms with E-state index < -0.39 is 6.04 Å². The lowest BCUT2D eigenvalue weighted by Crippen LogP contribution is -2.51. The monoisotopic (exact) mass is 454 g/mol. The summed E-state index contributed by atoms with van der Waals surface area (Å²) >= 11 is 0. The zero-order valence-corrected chi connectivity index (χ0v) is 21.0. The molecule has 0 aliphatic heterocycles. The van der Waals surface area contributed by atoms with Crippen LogP contribution in [0.5, 0.6) is 11.5 Å². The molecule has 6 nitrogen and oxygen atoms in total. The van der Waals surface area contributed by atoms with E-state index in [4.69, 9.17) is 9.47 Å². The van der Waals surface area contributed by atoms with Gasteiger partial charge in [0, 0.05) is 12.6 Å². The summed E-state index contributed by atoms with van der Waals surface area (Å²) in [7, 11) is 1.61. The largest absolute Gasteiger partial charge is 0.497 e. The minimum Gasteiger partial charge on any atom is -0.497 e. The quantitative estimate of drug-likeness (QED) is 0.533. The molecule has 0 aromatic heterocycles. The third kappa shape index (κ3) is 7.24. The van der Waals surface area contributed by atoms with Crippen molar-refractivity contribution in [3.8, 4) is 11.5 Å². The van der Waals surface area contributed by atoms with E-state index in [9.17, 15) is 9.59 Å². The highest BCUT2D eigenvalue weighted by molar-refractivity contribution is 5.88. The molecular formula is C27H38N2O4. The molecule has 0 saturated carbocycles. The molecule has 2 aromatic rings. The van der Waals surface area contributed by atoms with Crippen molar-refractivity contribution in [2.75, 3.05) is 13.7 Å². The molecule has 180 valence electrons. The van der Waals surface area contributed by atoms with Gasteiger partial charge in [-0.2, -0.15) is 0 Å². The van der Waals surface area contributed by atoms with E-state index in [-0.39, 0.29) is 31.0 Å². The fraction of sp³-hybridized carbons (Fsp3) is 0.481. The van der Waals surface area contributed by atoms with Gasteiger partial charge in [0.2, 0.25) is 5.91 Å². The number of nitrogens with zero attached hydrogens (tertiary/aromatic N) is 1. The Morgan fingerprint density at radius 1 is 1.06 bits per heavy atom. The molecule has 2 amide bonds. The third-order valence-electron chi connectivity index (χ3n) is 5.99. The first-order valence-corrected chi connectivity index (χ1v) is 11.6. The van der Waals surface area contributed by atoms with Crippen LogP contribution in [-0.4, -0.2) is 42.5 Å². The summed E-state index contributed by atoms with van der Waals surface area (Å²) < 4.78 is 11.3. The zero-order valence-electron chi connectivity index (χ0n) is 21.0. The number of carbonyl (C=O) groups excluding carboxylic acids is 2. The smallest absolute Gasteiger partial charge is 0.261 e. The van der Waals surface area contributed by atoms with Crippen LogP contribution in [0.4, 0.5) is 0 Å². The molecule has 2 aromatic carbocycles. The SMILES string of the molecule is CC[C@@H](C)NC(=O)[C@H](CC)N(Cc1cccc(OC)c1)C(=O)COc1cc(C)cc(C)c1C. The number of ether oxygens (including phenoxy) is 2. The third-order valence-corrected chi connectivity index (χ3v) is 5.99. The Kier molecular flexibility index (Phi) is 9.76. The van der Waals surface area contributed by atoms with Gasteiger partial charge >= 0.3 is 0 Å². The molecule has 0 saturated heterocycles. The average molecular weight is 455 g/mol. The second-order valence-electron chi connectivity index (χ2n) is 8.61. The predicted molar refractivity (Wildman–Crippen MR) is 132 cm³/mol. The van der Waals surface area contributed by atoms with E-state index in [2.05, 4.69) is 11.4 Å². The van der Waals surface area contributed by atoms with Crippen molar-refractivity contribution < 1.29 is 19.1 Å². The highest BCUT2D eigenvalue weighted by Gasteiger charge is 2.29. The van der Waals surface area contributed by atoms with Crippen molar-refractivity contribution >= 4 is 11.8 Å². The number of hydrogen-bond acceptors (Lipinski definition) is 4. The molecule has 0 heterocycles. The van der Waals surface area contributed by atoms with Crippen LogP contribution in [0.3, 0.4) is 0 Å². The minimum atomic E-state index is -0.596. The number of benzene rings is 2. The van der Waals surface area contributed by atoms with E-state index in [0.717, 1.165) is 28.7 Å². The van der Waals surface area contributed by atoms with Crippen LogP contribution < -0.4 is 14.8 Å². The van der Waals surface area contributed by atoms with Gasteiger partial charge in [-0.25, -0.2) is 0 Å². The molecule has 0 bridgehead atoms. The van der Waals surface area contributed by atoms with Crippen molar-refractivity contribution in [3.05, 3.63) is 58.7 Å². The molecule has 0 radical (unpaired) electrons. The van der Waals surface area contributed by atoms with E-state index in [1.165, 1.54) is 0 Å². The number of amides is 2. The number of hydrogen-bond donors (Lipinski definition) is 1. The van der Waals surface area contributed by atoms with Gasteiger partial charge in [0.25, 0.3) is 5.91 Å². The summed E-state index contributed by atoms with van der Waals surface area (Å²) in [6.07, 6.45) is 1.32. The van der Waals surface area contributed by atoms with Crippen LogP contribution in [0.15, 0.2) is 36.4 Å². The van der Waals surface area contributed by atoms with Crippen LogP contribution in [0, 0.1) is 20.8 Å². The molecule has 0 aliphatic carbocycles. The van der Waals surface area contributed by atoms with Gasteiger partial charge in [-0.3, -0.25) is 9.59 Å². The summed E-state index contributed by atoms with van der Waals surface area (Å²) in [4.78, 5) is 28.1. The average Bonchev–Trinajstić information content (AvgIpc) is 2.79.